The Hall–Kier alpha value is -3.09. The zero-order valence-corrected chi connectivity index (χ0v) is 15.2. The monoisotopic (exact) mass is 366 g/mol. The quantitative estimate of drug-likeness (QED) is 0.707. The summed E-state index contributed by atoms with van der Waals surface area (Å²) in [6, 6.07) is 11.6. The highest BCUT2D eigenvalue weighted by molar-refractivity contribution is 5.76. The highest BCUT2D eigenvalue weighted by atomic mass is 16.5. The molecule has 7 nitrogen and oxygen atoms in total. The first-order valence-corrected chi connectivity index (χ1v) is 9.11. The van der Waals surface area contributed by atoms with Crippen molar-refractivity contribution < 1.29 is 9.53 Å². The third-order valence-corrected chi connectivity index (χ3v) is 5.26. The maximum atomic E-state index is 12.7. The van der Waals surface area contributed by atoms with Gasteiger partial charge in [-0.25, -0.2) is 4.68 Å². The molecular formula is C20H22N4O3. The van der Waals surface area contributed by atoms with Gasteiger partial charge in [-0.15, -0.1) is 0 Å². The normalized spacial score (nSPS) is 15.2. The summed E-state index contributed by atoms with van der Waals surface area (Å²) in [5.74, 6) is 1.21. The molecule has 7 heteroatoms. The molecule has 1 amide bonds. The van der Waals surface area contributed by atoms with Gasteiger partial charge in [0.2, 0.25) is 5.91 Å². The number of methoxy groups -OCH3 is 1. The smallest absolute Gasteiger partial charge is 0.291 e. The standard InChI is InChI=1S/C20H22N4O3/c1-27-18-7-3-2-5-16(18)15-8-11-22(12-9-15)19(25)13-24-20(26)17-6-4-10-23(17)14-21-24/h2-7,10,14-15H,8-9,11-13H2,1H3. The summed E-state index contributed by atoms with van der Waals surface area (Å²) in [6.07, 6.45) is 5.08. The van der Waals surface area contributed by atoms with Gasteiger partial charge >= 0.3 is 0 Å². The van der Waals surface area contributed by atoms with Crippen LogP contribution in [0.2, 0.25) is 0 Å². The van der Waals surface area contributed by atoms with E-state index >= 15 is 0 Å². The van der Waals surface area contributed by atoms with Gasteiger partial charge in [-0.3, -0.25) is 9.59 Å². The van der Waals surface area contributed by atoms with Crippen molar-refractivity contribution in [2.24, 2.45) is 0 Å². The number of carbonyl (C=O) groups is 1. The highest BCUT2D eigenvalue weighted by Gasteiger charge is 2.26. The van der Waals surface area contributed by atoms with Crippen molar-refractivity contribution in [3.63, 3.8) is 0 Å². The van der Waals surface area contributed by atoms with Crippen molar-refractivity contribution in [3.8, 4) is 5.75 Å². The Morgan fingerprint density at radius 3 is 2.74 bits per heavy atom. The van der Waals surface area contributed by atoms with Crippen LogP contribution in [0.4, 0.5) is 0 Å². The maximum Gasteiger partial charge on any atom is 0.291 e. The second-order valence-electron chi connectivity index (χ2n) is 6.79. The lowest BCUT2D eigenvalue weighted by molar-refractivity contribution is -0.133. The van der Waals surface area contributed by atoms with E-state index in [0.29, 0.717) is 24.5 Å². The Balaban J connectivity index is 1.42. The van der Waals surface area contributed by atoms with Crippen LogP contribution in [-0.2, 0) is 11.3 Å². The molecule has 0 unspecified atom stereocenters. The lowest BCUT2D eigenvalue weighted by Gasteiger charge is -2.32. The molecule has 0 saturated carbocycles. The molecule has 0 spiro atoms. The molecule has 4 rings (SSSR count). The van der Waals surface area contributed by atoms with Crippen LogP contribution in [0.1, 0.15) is 24.3 Å². The molecule has 2 aromatic heterocycles. The average molecular weight is 366 g/mol. The molecule has 27 heavy (non-hydrogen) atoms. The lowest BCUT2D eigenvalue weighted by atomic mass is 9.89. The Labute approximate surface area is 156 Å². The van der Waals surface area contributed by atoms with E-state index in [-0.39, 0.29) is 18.0 Å². The molecule has 1 saturated heterocycles. The maximum absolute atomic E-state index is 12.7. The van der Waals surface area contributed by atoms with Gasteiger partial charge in [0.25, 0.3) is 5.56 Å². The fraction of sp³-hybridized carbons (Fsp3) is 0.350. The van der Waals surface area contributed by atoms with Gasteiger partial charge in [0, 0.05) is 19.3 Å². The van der Waals surface area contributed by atoms with Gasteiger partial charge in [-0.1, -0.05) is 18.2 Å². The average Bonchev–Trinajstić information content (AvgIpc) is 3.20. The summed E-state index contributed by atoms with van der Waals surface area (Å²) in [5.41, 5.74) is 1.47. The van der Waals surface area contributed by atoms with Crippen LogP contribution < -0.4 is 10.3 Å². The molecular weight excluding hydrogens is 344 g/mol. The van der Waals surface area contributed by atoms with Gasteiger partial charge in [0.15, 0.2) is 0 Å². The van der Waals surface area contributed by atoms with Crippen molar-refractivity contribution in [3.05, 3.63) is 64.8 Å². The Morgan fingerprint density at radius 2 is 1.96 bits per heavy atom. The number of nitrogens with zero attached hydrogens (tertiary/aromatic N) is 4. The van der Waals surface area contributed by atoms with Crippen molar-refractivity contribution >= 4 is 11.4 Å². The number of fused-ring (bicyclic) bond motifs is 1. The van der Waals surface area contributed by atoms with E-state index in [1.165, 1.54) is 10.2 Å². The predicted molar refractivity (Wildman–Crippen MR) is 101 cm³/mol. The molecule has 1 aliphatic rings. The topological polar surface area (TPSA) is 68.8 Å². The van der Waals surface area contributed by atoms with E-state index in [0.717, 1.165) is 18.6 Å². The third-order valence-electron chi connectivity index (χ3n) is 5.26. The number of hydrogen-bond acceptors (Lipinski definition) is 4. The van der Waals surface area contributed by atoms with E-state index in [9.17, 15) is 9.59 Å². The number of hydrogen-bond donors (Lipinski definition) is 0. The van der Waals surface area contributed by atoms with Gasteiger partial charge < -0.3 is 14.0 Å². The minimum Gasteiger partial charge on any atom is -0.496 e. The third kappa shape index (κ3) is 3.32. The zero-order valence-electron chi connectivity index (χ0n) is 15.2. The summed E-state index contributed by atoms with van der Waals surface area (Å²) in [5, 5.41) is 4.10. The molecule has 0 atom stereocenters. The highest BCUT2D eigenvalue weighted by Crippen LogP contribution is 2.33. The number of amides is 1. The van der Waals surface area contributed by atoms with Crippen LogP contribution >= 0.6 is 0 Å². The zero-order chi connectivity index (χ0) is 18.8. The van der Waals surface area contributed by atoms with Gasteiger partial charge in [-0.05, 0) is 42.5 Å². The van der Waals surface area contributed by atoms with Crippen molar-refractivity contribution in [2.75, 3.05) is 20.2 Å². The second kappa shape index (κ2) is 7.26. The van der Waals surface area contributed by atoms with E-state index in [2.05, 4.69) is 11.2 Å². The number of para-hydroxylation sites is 1. The molecule has 3 heterocycles. The Bertz CT molecular complexity index is 1020. The summed E-state index contributed by atoms with van der Waals surface area (Å²) in [6.45, 7) is 1.31. The summed E-state index contributed by atoms with van der Waals surface area (Å²) >= 11 is 0. The van der Waals surface area contributed by atoms with Gasteiger partial charge in [0.1, 0.15) is 24.1 Å². The summed E-state index contributed by atoms with van der Waals surface area (Å²) in [4.78, 5) is 26.9. The fourth-order valence-electron chi connectivity index (χ4n) is 3.76. The molecule has 1 aliphatic heterocycles. The van der Waals surface area contributed by atoms with Crippen molar-refractivity contribution in [2.45, 2.75) is 25.3 Å². The SMILES string of the molecule is COc1ccccc1C1CCN(C(=O)Cn2ncn3cccc3c2=O)CC1. The predicted octanol–water partition coefficient (Wildman–Crippen LogP) is 1.91. The number of rotatable bonds is 4. The first-order chi connectivity index (χ1) is 13.2. The molecule has 0 aliphatic carbocycles. The Morgan fingerprint density at radius 1 is 1.19 bits per heavy atom. The fourth-order valence-corrected chi connectivity index (χ4v) is 3.76. The van der Waals surface area contributed by atoms with E-state index in [4.69, 9.17) is 4.74 Å². The van der Waals surface area contributed by atoms with Crippen LogP contribution in [0, 0.1) is 0 Å². The number of benzene rings is 1. The molecule has 0 bridgehead atoms. The second-order valence-corrected chi connectivity index (χ2v) is 6.79. The largest absolute Gasteiger partial charge is 0.496 e. The number of carbonyl (C=O) groups excluding carboxylic acids is 1. The van der Waals surface area contributed by atoms with Gasteiger partial charge in [0.05, 0.1) is 7.11 Å². The number of aromatic nitrogens is 3. The molecule has 3 aromatic rings. The number of ether oxygens (including phenoxy) is 1. The minimum atomic E-state index is -0.250. The molecule has 0 N–H and O–H groups in total. The van der Waals surface area contributed by atoms with Crippen LogP contribution in [0.3, 0.4) is 0 Å². The molecule has 0 radical (unpaired) electrons. The lowest BCUT2D eigenvalue weighted by Crippen LogP contribution is -2.41. The van der Waals surface area contributed by atoms with Crippen LogP contribution in [0.5, 0.6) is 5.75 Å². The summed E-state index contributed by atoms with van der Waals surface area (Å²) < 4.78 is 8.36. The van der Waals surface area contributed by atoms with Gasteiger partial charge in [-0.2, -0.15) is 5.10 Å². The van der Waals surface area contributed by atoms with E-state index in [1.54, 1.807) is 36.2 Å². The van der Waals surface area contributed by atoms with E-state index in [1.807, 2.05) is 23.1 Å². The van der Waals surface area contributed by atoms with Crippen molar-refractivity contribution in [1.82, 2.24) is 19.1 Å². The van der Waals surface area contributed by atoms with E-state index < -0.39 is 0 Å². The van der Waals surface area contributed by atoms with Crippen LogP contribution in [0.25, 0.3) is 5.52 Å². The molecule has 1 aromatic carbocycles. The molecule has 1 fully saturated rings. The van der Waals surface area contributed by atoms with Crippen LogP contribution in [0.15, 0.2) is 53.7 Å². The van der Waals surface area contributed by atoms with Crippen LogP contribution in [-0.4, -0.2) is 45.2 Å². The molecule has 140 valence electrons. The van der Waals surface area contributed by atoms with Crippen molar-refractivity contribution in [1.29, 1.82) is 0 Å². The number of piperidine rings is 1. The number of likely N-dealkylation sites (tertiary alicyclic amines) is 1. The summed E-state index contributed by atoms with van der Waals surface area (Å²) in [7, 11) is 1.68. The first-order valence-electron chi connectivity index (χ1n) is 9.11. The Kier molecular flexibility index (Phi) is 4.66. The minimum absolute atomic E-state index is 0.0279. The first kappa shape index (κ1) is 17.3.